The van der Waals surface area contributed by atoms with E-state index in [9.17, 15) is 4.79 Å². The second-order valence-electron chi connectivity index (χ2n) is 5.63. The summed E-state index contributed by atoms with van der Waals surface area (Å²) in [5.74, 6) is 4.05. The van der Waals surface area contributed by atoms with E-state index in [-0.39, 0.29) is 17.7 Å². The van der Waals surface area contributed by atoms with Gasteiger partial charge in [0.1, 0.15) is 0 Å². The predicted molar refractivity (Wildman–Crippen MR) is 88.9 cm³/mol. The maximum absolute atomic E-state index is 12.5. The molecule has 116 valence electrons. The van der Waals surface area contributed by atoms with Gasteiger partial charge in [0.05, 0.1) is 12.1 Å². The third-order valence-electron chi connectivity index (χ3n) is 4.09. The summed E-state index contributed by atoms with van der Waals surface area (Å²) in [6, 6.07) is 0. The highest BCUT2D eigenvalue weighted by Gasteiger charge is 2.34. The first-order valence-corrected chi connectivity index (χ1v) is 9.60. The van der Waals surface area contributed by atoms with Crippen LogP contribution < -0.4 is 10.6 Å². The average Bonchev–Trinajstić information content (AvgIpc) is 3.14. The summed E-state index contributed by atoms with van der Waals surface area (Å²) in [4.78, 5) is 12.5. The van der Waals surface area contributed by atoms with Crippen LogP contribution in [0.5, 0.6) is 0 Å². The number of hydrogen-bond donors (Lipinski definition) is 2. The van der Waals surface area contributed by atoms with Crippen LogP contribution in [0.4, 0.5) is 0 Å². The topological polar surface area (TPSA) is 59.0 Å². The molecule has 2 aliphatic heterocycles. The van der Waals surface area contributed by atoms with E-state index in [1.165, 1.54) is 11.5 Å². The van der Waals surface area contributed by atoms with Crippen LogP contribution in [0.2, 0.25) is 0 Å². The molecule has 0 radical (unpaired) electrons. The van der Waals surface area contributed by atoms with Crippen molar-refractivity contribution in [3.8, 4) is 0 Å². The molecule has 2 aliphatic rings. The Balaban J connectivity index is 1.55. The molecule has 1 aromatic heterocycles. The van der Waals surface area contributed by atoms with Gasteiger partial charge in [-0.1, -0.05) is 0 Å². The van der Waals surface area contributed by atoms with Crippen LogP contribution in [0.25, 0.3) is 0 Å². The van der Waals surface area contributed by atoms with E-state index in [0.717, 1.165) is 31.0 Å². The molecule has 3 rings (SSSR count). The van der Waals surface area contributed by atoms with Gasteiger partial charge in [-0.3, -0.25) is 9.48 Å². The molecule has 3 atom stereocenters. The van der Waals surface area contributed by atoms with Crippen LogP contribution in [0, 0.1) is 5.92 Å². The van der Waals surface area contributed by atoms with Gasteiger partial charge in [0.25, 0.3) is 0 Å². The molecule has 0 saturated carbocycles. The van der Waals surface area contributed by atoms with Gasteiger partial charge in [-0.2, -0.15) is 28.6 Å². The number of rotatable bonds is 4. The molecule has 21 heavy (non-hydrogen) atoms. The predicted octanol–water partition coefficient (Wildman–Crippen LogP) is 0.688. The summed E-state index contributed by atoms with van der Waals surface area (Å²) in [6.45, 7) is 2.42. The second-order valence-corrected chi connectivity index (χ2v) is 8.19. The standard InChI is InChI=1S/C14H22N4OS2/c1-18-8-10(4-17-18)12-6-15-7-13(12)14(19)16-5-11-9-20-2-3-21-11/h4,8,11-13,15H,2-3,5-7,9H2,1H3,(H,16,19)/t11?,12-,13+/m1/s1. The second kappa shape index (κ2) is 7.07. The van der Waals surface area contributed by atoms with E-state index in [2.05, 4.69) is 15.7 Å². The summed E-state index contributed by atoms with van der Waals surface area (Å²) in [5.41, 5.74) is 1.16. The Morgan fingerprint density at radius 3 is 3.14 bits per heavy atom. The Labute approximate surface area is 134 Å². The molecule has 0 aromatic carbocycles. The number of nitrogens with zero attached hydrogens (tertiary/aromatic N) is 2. The summed E-state index contributed by atoms with van der Waals surface area (Å²) < 4.78 is 1.80. The first kappa shape index (κ1) is 15.2. The smallest absolute Gasteiger partial charge is 0.225 e. The molecule has 3 heterocycles. The molecular formula is C14H22N4OS2. The fourth-order valence-electron chi connectivity index (χ4n) is 2.94. The molecule has 1 unspecified atom stereocenters. The van der Waals surface area contributed by atoms with E-state index in [0.29, 0.717) is 5.25 Å². The molecule has 0 aliphatic carbocycles. The fourth-order valence-corrected chi connectivity index (χ4v) is 5.55. The number of nitrogens with one attached hydrogen (secondary N) is 2. The van der Waals surface area contributed by atoms with Crippen molar-refractivity contribution in [3.63, 3.8) is 0 Å². The highest BCUT2D eigenvalue weighted by molar-refractivity contribution is 8.06. The van der Waals surface area contributed by atoms with E-state index in [1.54, 1.807) is 4.68 Å². The van der Waals surface area contributed by atoms with Crippen molar-refractivity contribution in [2.45, 2.75) is 11.2 Å². The van der Waals surface area contributed by atoms with Gasteiger partial charge in [-0.25, -0.2) is 0 Å². The van der Waals surface area contributed by atoms with E-state index < -0.39 is 0 Å². The van der Waals surface area contributed by atoms with E-state index in [4.69, 9.17) is 0 Å². The first-order chi connectivity index (χ1) is 10.2. The zero-order valence-corrected chi connectivity index (χ0v) is 13.9. The molecule has 2 N–H and O–H groups in total. The summed E-state index contributed by atoms with van der Waals surface area (Å²) >= 11 is 3.98. The Kier molecular flexibility index (Phi) is 5.13. The largest absolute Gasteiger partial charge is 0.355 e. The molecular weight excluding hydrogens is 304 g/mol. The number of amides is 1. The minimum atomic E-state index is 0.0236. The van der Waals surface area contributed by atoms with E-state index >= 15 is 0 Å². The Morgan fingerprint density at radius 1 is 1.52 bits per heavy atom. The average molecular weight is 326 g/mol. The molecule has 1 aromatic rings. The van der Waals surface area contributed by atoms with Gasteiger partial charge in [0.15, 0.2) is 0 Å². The summed E-state index contributed by atoms with van der Waals surface area (Å²) in [6.07, 6.45) is 3.90. The Morgan fingerprint density at radius 2 is 2.43 bits per heavy atom. The minimum Gasteiger partial charge on any atom is -0.355 e. The lowest BCUT2D eigenvalue weighted by Crippen LogP contribution is -2.39. The number of aryl methyl sites for hydroxylation is 1. The highest BCUT2D eigenvalue weighted by Crippen LogP contribution is 2.28. The quantitative estimate of drug-likeness (QED) is 0.852. The van der Waals surface area contributed by atoms with Gasteiger partial charge in [0.2, 0.25) is 5.91 Å². The van der Waals surface area contributed by atoms with Gasteiger partial charge in [0, 0.05) is 61.3 Å². The Bertz CT molecular complexity index is 487. The number of carbonyl (C=O) groups excluding carboxylic acids is 1. The zero-order chi connectivity index (χ0) is 14.7. The highest BCUT2D eigenvalue weighted by atomic mass is 32.2. The minimum absolute atomic E-state index is 0.0236. The molecule has 2 saturated heterocycles. The number of carbonyl (C=O) groups is 1. The monoisotopic (exact) mass is 326 g/mol. The van der Waals surface area contributed by atoms with Crippen molar-refractivity contribution in [2.75, 3.05) is 36.9 Å². The van der Waals surface area contributed by atoms with Crippen molar-refractivity contribution in [2.24, 2.45) is 13.0 Å². The van der Waals surface area contributed by atoms with Gasteiger partial charge in [-0.15, -0.1) is 0 Å². The van der Waals surface area contributed by atoms with Gasteiger partial charge >= 0.3 is 0 Å². The summed E-state index contributed by atoms with van der Waals surface area (Å²) in [7, 11) is 1.92. The van der Waals surface area contributed by atoms with Crippen LogP contribution in [0.15, 0.2) is 12.4 Å². The third-order valence-corrected chi connectivity index (χ3v) is 6.94. The molecule has 1 amide bonds. The molecule has 0 bridgehead atoms. The third kappa shape index (κ3) is 3.76. The van der Waals surface area contributed by atoms with Crippen molar-refractivity contribution in [1.29, 1.82) is 0 Å². The van der Waals surface area contributed by atoms with Crippen molar-refractivity contribution in [3.05, 3.63) is 18.0 Å². The molecule has 0 spiro atoms. The lowest BCUT2D eigenvalue weighted by atomic mass is 9.90. The van der Waals surface area contributed by atoms with Gasteiger partial charge < -0.3 is 10.6 Å². The van der Waals surface area contributed by atoms with Crippen LogP contribution in [-0.4, -0.2) is 57.8 Å². The van der Waals surface area contributed by atoms with Crippen LogP contribution in [-0.2, 0) is 11.8 Å². The van der Waals surface area contributed by atoms with Crippen LogP contribution in [0.3, 0.4) is 0 Å². The summed E-state index contributed by atoms with van der Waals surface area (Å²) in [5, 5.41) is 11.3. The zero-order valence-electron chi connectivity index (χ0n) is 12.2. The fraction of sp³-hybridized carbons (Fsp3) is 0.714. The number of thioether (sulfide) groups is 2. The normalized spacial score (nSPS) is 29.5. The lowest BCUT2D eigenvalue weighted by molar-refractivity contribution is -0.124. The van der Waals surface area contributed by atoms with Crippen molar-refractivity contribution >= 4 is 29.4 Å². The maximum atomic E-state index is 12.5. The number of hydrogen-bond acceptors (Lipinski definition) is 5. The maximum Gasteiger partial charge on any atom is 0.225 e. The number of aromatic nitrogens is 2. The lowest BCUT2D eigenvalue weighted by Gasteiger charge is -2.23. The van der Waals surface area contributed by atoms with Crippen LogP contribution in [0.1, 0.15) is 11.5 Å². The van der Waals surface area contributed by atoms with Crippen molar-refractivity contribution < 1.29 is 4.79 Å². The molecule has 7 heteroatoms. The Hall–Kier alpha value is -0.660. The van der Waals surface area contributed by atoms with Crippen molar-refractivity contribution in [1.82, 2.24) is 20.4 Å². The van der Waals surface area contributed by atoms with Gasteiger partial charge in [-0.05, 0) is 5.56 Å². The molecule has 5 nitrogen and oxygen atoms in total. The van der Waals surface area contributed by atoms with E-state index in [1.807, 2.05) is 43.0 Å². The first-order valence-electron chi connectivity index (χ1n) is 7.40. The SMILES string of the molecule is Cn1cc([C@H]2CNC[C@@H]2C(=O)NCC2CSCCS2)cn1. The van der Waals surface area contributed by atoms with Crippen LogP contribution >= 0.6 is 23.5 Å². The molecule has 2 fully saturated rings.